The second kappa shape index (κ2) is 7.74. The van der Waals surface area contributed by atoms with Gasteiger partial charge in [-0.3, -0.25) is 0 Å². The van der Waals surface area contributed by atoms with Crippen LogP contribution in [0.25, 0.3) is 0 Å². The van der Waals surface area contributed by atoms with Gasteiger partial charge in [-0.2, -0.15) is 23.7 Å². The highest BCUT2D eigenvalue weighted by atomic mass is 19.4. The van der Waals surface area contributed by atoms with E-state index < -0.39 is 24.4 Å². The molecular formula is C13H18F3N3O. The van der Waals surface area contributed by atoms with Crippen LogP contribution in [0.3, 0.4) is 0 Å². The molecule has 0 saturated carbocycles. The quantitative estimate of drug-likeness (QED) is 0.526. The summed E-state index contributed by atoms with van der Waals surface area (Å²) in [4.78, 5) is 5.08. The fraction of sp³-hybridized carbons (Fsp3) is 0.769. The number of nitrogens with zero attached hydrogens (tertiary/aromatic N) is 3. The minimum absolute atomic E-state index is 0.126. The van der Waals surface area contributed by atoms with Gasteiger partial charge in [0.15, 0.2) is 0 Å². The zero-order valence-corrected chi connectivity index (χ0v) is 11.8. The maximum atomic E-state index is 12.2. The number of nitriles is 2. The molecule has 0 N–H and O–H groups in total. The van der Waals surface area contributed by atoms with Crippen LogP contribution in [0, 0.1) is 28.1 Å². The summed E-state index contributed by atoms with van der Waals surface area (Å²) < 4.78 is 36.7. The molecule has 20 heavy (non-hydrogen) atoms. The van der Waals surface area contributed by atoms with E-state index in [0.29, 0.717) is 5.71 Å². The second-order valence-electron chi connectivity index (χ2n) is 4.75. The molecule has 0 aromatic heterocycles. The molecule has 0 bridgehead atoms. The zero-order chi connectivity index (χ0) is 15.8. The molecular weight excluding hydrogens is 271 g/mol. The van der Waals surface area contributed by atoms with Gasteiger partial charge in [-0.15, -0.1) is 0 Å². The summed E-state index contributed by atoms with van der Waals surface area (Å²) in [5, 5.41) is 21.8. The van der Waals surface area contributed by atoms with Crippen molar-refractivity contribution in [1.29, 1.82) is 10.5 Å². The van der Waals surface area contributed by atoms with Crippen molar-refractivity contribution in [2.24, 2.45) is 10.6 Å². The van der Waals surface area contributed by atoms with Gasteiger partial charge in [0.1, 0.15) is 11.5 Å². The molecule has 4 nitrogen and oxygen atoms in total. The van der Waals surface area contributed by atoms with Crippen molar-refractivity contribution in [2.75, 3.05) is 0 Å². The lowest BCUT2D eigenvalue weighted by Gasteiger charge is -2.19. The summed E-state index contributed by atoms with van der Waals surface area (Å²) in [6.45, 7) is 5.22. The summed E-state index contributed by atoms with van der Waals surface area (Å²) in [5.74, 6) is 0. The molecule has 0 rings (SSSR count). The Kier molecular flexibility index (Phi) is 7.06. The third-order valence-corrected chi connectivity index (χ3v) is 2.78. The third kappa shape index (κ3) is 6.98. The lowest BCUT2D eigenvalue weighted by molar-refractivity contribution is -0.138. The van der Waals surface area contributed by atoms with E-state index in [1.54, 1.807) is 19.1 Å². The summed E-state index contributed by atoms with van der Waals surface area (Å²) in [5.41, 5.74) is -1.39. The summed E-state index contributed by atoms with van der Waals surface area (Å²) >= 11 is 0. The Bertz CT molecular complexity index is 404. The van der Waals surface area contributed by atoms with Gasteiger partial charge in [0.25, 0.3) is 0 Å². The van der Waals surface area contributed by atoms with E-state index in [0.717, 1.165) is 6.42 Å². The van der Waals surface area contributed by atoms with Crippen LogP contribution in [-0.2, 0) is 4.84 Å². The van der Waals surface area contributed by atoms with E-state index in [4.69, 9.17) is 15.4 Å². The molecule has 1 atom stereocenters. The Morgan fingerprint density at radius 1 is 1.25 bits per heavy atom. The van der Waals surface area contributed by atoms with Crippen molar-refractivity contribution in [3.63, 3.8) is 0 Å². The molecule has 0 aliphatic heterocycles. The van der Waals surface area contributed by atoms with E-state index in [-0.39, 0.29) is 12.5 Å². The number of alkyl halides is 3. The van der Waals surface area contributed by atoms with Crippen LogP contribution in [0.15, 0.2) is 5.16 Å². The summed E-state index contributed by atoms with van der Waals surface area (Å²) in [6.07, 6.45) is -5.69. The molecule has 112 valence electrons. The Hall–Kier alpha value is -1.76. The lowest BCUT2D eigenvalue weighted by atomic mass is 9.81. The maximum Gasteiger partial charge on any atom is 0.389 e. The highest BCUT2D eigenvalue weighted by Gasteiger charge is 2.37. The number of oxime groups is 1. The molecule has 1 unspecified atom stereocenters. The lowest BCUT2D eigenvalue weighted by Crippen LogP contribution is -2.23. The highest BCUT2D eigenvalue weighted by molar-refractivity contribution is 5.82. The smallest absolute Gasteiger partial charge is 0.389 e. The summed E-state index contributed by atoms with van der Waals surface area (Å²) in [6, 6.07) is 3.35. The molecule has 0 aliphatic rings. The minimum atomic E-state index is -4.39. The Labute approximate surface area is 116 Å². The van der Waals surface area contributed by atoms with Crippen LogP contribution in [0.4, 0.5) is 13.2 Å². The number of rotatable bonds is 7. The second-order valence-corrected chi connectivity index (χ2v) is 4.75. The van der Waals surface area contributed by atoms with Crippen molar-refractivity contribution in [1.82, 2.24) is 0 Å². The molecule has 7 heteroatoms. The average molecular weight is 289 g/mol. The van der Waals surface area contributed by atoms with Crippen molar-refractivity contribution in [3.8, 4) is 12.1 Å². The topological polar surface area (TPSA) is 69.2 Å². The standard InChI is InChI=1S/C13H18F3N3O/c1-4-11(3)20-19-10(2)7-12(8-17,9-18)5-6-13(14,15)16/h11H,4-7H2,1-3H3. The van der Waals surface area contributed by atoms with E-state index in [2.05, 4.69) is 5.16 Å². The monoisotopic (exact) mass is 289 g/mol. The average Bonchev–Trinajstić information content (AvgIpc) is 2.40. The van der Waals surface area contributed by atoms with E-state index in [1.807, 2.05) is 6.92 Å². The van der Waals surface area contributed by atoms with Gasteiger partial charge in [0.2, 0.25) is 0 Å². The first-order valence-electron chi connectivity index (χ1n) is 6.26. The largest absolute Gasteiger partial charge is 0.393 e. The minimum Gasteiger partial charge on any atom is -0.393 e. The molecule has 0 aromatic carbocycles. The molecule has 0 radical (unpaired) electrons. The first-order valence-corrected chi connectivity index (χ1v) is 6.26. The predicted molar refractivity (Wildman–Crippen MR) is 67.5 cm³/mol. The Morgan fingerprint density at radius 2 is 1.80 bits per heavy atom. The van der Waals surface area contributed by atoms with Gasteiger partial charge in [-0.1, -0.05) is 12.1 Å². The van der Waals surface area contributed by atoms with Crippen molar-refractivity contribution in [2.45, 2.75) is 58.7 Å². The maximum absolute atomic E-state index is 12.2. The van der Waals surface area contributed by atoms with Crippen LogP contribution in [-0.4, -0.2) is 18.0 Å². The normalized spacial score (nSPS) is 14.3. The van der Waals surface area contributed by atoms with Crippen LogP contribution in [0.1, 0.15) is 46.5 Å². The zero-order valence-electron chi connectivity index (χ0n) is 11.8. The number of hydrogen-bond donors (Lipinski definition) is 0. The van der Waals surface area contributed by atoms with Gasteiger partial charge in [0, 0.05) is 12.8 Å². The molecule has 0 spiro atoms. The fourth-order valence-corrected chi connectivity index (χ4v) is 1.38. The fourth-order valence-electron chi connectivity index (χ4n) is 1.38. The third-order valence-electron chi connectivity index (χ3n) is 2.78. The first kappa shape index (κ1) is 18.2. The van der Waals surface area contributed by atoms with E-state index >= 15 is 0 Å². The predicted octanol–water partition coefficient (Wildman–Crippen LogP) is 3.94. The van der Waals surface area contributed by atoms with E-state index in [9.17, 15) is 13.2 Å². The highest BCUT2D eigenvalue weighted by Crippen LogP contribution is 2.33. The van der Waals surface area contributed by atoms with Gasteiger partial charge >= 0.3 is 6.18 Å². The Morgan fingerprint density at radius 3 is 2.20 bits per heavy atom. The Balaban J connectivity index is 4.78. The van der Waals surface area contributed by atoms with Crippen LogP contribution < -0.4 is 0 Å². The van der Waals surface area contributed by atoms with Crippen LogP contribution in [0.2, 0.25) is 0 Å². The molecule has 0 fully saturated rings. The van der Waals surface area contributed by atoms with Gasteiger partial charge in [-0.05, 0) is 26.7 Å². The number of hydrogen-bond acceptors (Lipinski definition) is 4. The summed E-state index contributed by atoms with van der Waals surface area (Å²) in [7, 11) is 0. The molecule has 0 aromatic rings. The van der Waals surface area contributed by atoms with Gasteiger partial charge in [0.05, 0.1) is 17.9 Å². The first-order chi connectivity index (χ1) is 9.18. The van der Waals surface area contributed by atoms with Crippen molar-refractivity contribution in [3.05, 3.63) is 0 Å². The van der Waals surface area contributed by atoms with Gasteiger partial charge in [-0.25, -0.2) is 0 Å². The van der Waals surface area contributed by atoms with Crippen molar-refractivity contribution >= 4 is 5.71 Å². The van der Waals surface area contributed by atoms with Crippen molar-refractivity contribution < 1.29 is 18.0 Å². The molecule has 0 amide bonds. The number of halogens is 3. The van der Waals surface area contributed by atoms with Crippen LogP contribution >= 0.6 is 0 Å². The molecule has 0 aliphatic carbocycles. The SMILES string of the molecule is CCC(C)ON=C(C)CC(C#N)(C#N)CCC(F)(F)F. The molecule has 0 heterocycles. The van der Waals surface area contributed by atoms with E-state index in [1.165, 1.54) is 6.92 Å². The van der Waals surface area contributed by atoms with Crippen LogP contribution in [0.5, 0.6) is 0 Å². The van der Waals surface area contributed by atoms with Gasteiger partial charge < -0.3 is 4.84 Å². The molecule has 0 saturated heterocycles.